The van der Waals surface area contributed by atoms with Gasteiger partial charge in [0.25, 0.3) is 0 Å². The van der Waals surface area contributed by atoms with Gasteiger partial charge in [0, 0.05) is 24.0 Å². The Balaban J connectivity index is 1.84. The number of carbonyl (C=O) groups is 1. The molecule has 2 rings (SSSR count). The summed E-state index contributed by atoms with van der Waals surface area (Å²) in [5.74, 6) is 0.869. The van der Waals surface area contributed by atoms with Gasteiger partial charge in [-0.15, -0.1) is 11.3 Å². The van der Waals surface area contributed by atoms with E-state index < -0.39 is 5.97 Å². The average molecular weight is 265 g/mol. The molecule has 0 aliphatic heterocycles. The van der Waals surface area contributed by atoms with Gasteiger partial charge in [0.1, 0.15) is 0 Å². The summed E-state index contributed by atoms with van der Waals surface area (Å²) in [5.41, 5.74) is 0.977. The summed E-state index contributed by atoms with van der Waals surface area (Å²) in [6.07, 6.45) is 4.19. The molecule has 0 radical (unpaired) electrons. The minimum atomic E-state index is -0.900. The summed E-state index contributed by atoms with van der Waals surface area (Å²) >= 11 is 1.69. The molecule has 2 atom stereocenters. The van der Waals surface area contributed by atoms with Crippen LogP contribution >= 0.6 is 11.3 Å². The SMILES string of the molecule is CC1CC1CN(C)Cc1cc(C=CC(=O)O)cs1. The maximum atomic E-state index is 10.4. The number of hydrogen-bond donors (Lipinski definition) is 1. The van der Waals surface area contributed by atoms with E-state index in [9.17, 15) is 4.79 Å². The Morgan fingerprint density at radius 2 is 2.39 bits per heavy atom. The highest BCUT2D eigenvalue weighted by Gasteiger charge is 2.32. The molecule has 1 aliphatic rings. The molecule has 2 unspecified atom stereocenters. The van der Waals surface area contributed by atoms with Crippen LogP contribution in [0.1, 0.15) is 23.8 Å². The number of rotatable bonds is 6. The number of carboxylic acids is 1. The molecule has 0 aromatic carbocycles. The zero-order valence-electron chi connectivity index (χ0n) is 10.8. The number of thiophene rings is 1. The molecular weight excluding hydrogens is 246 g/mol. The smallest absolute Gasteiger partial charge is 0.328 e. The number of hydrogen-bond acceptors (Lipinski definition) is 3. The molecule has 1 aliphatic carbocycles. The Bertz CT molecular complexity index is 452. The van der Waals surface area contributed by atoms with E-state index in [1.165, 1.54) is 23.9 Å². The van der Waals surface area contributed by atoms with Gasteiger partial charge in [-0.05, 0) is 48.4 Å². The van der Waals surface area contributed by atoms with E-state index in [0.29, 0.717) is 0 Å². The Morgan fingerprint density at radius 3 is 3.00 bits per heavy atom. The van der Waals surface area contributed by atoms with Gasteiger partial charge in [-0.1, -0.05) is 6.92 Å². The summed E-state index contributed by atoms with van der Waals surface area (Å²) in [5, 5.41) is 10.6. The van der Waals surface area contributed by atoms with Gasteiger partial charge < -0.3 is 10.0 Å². The molecule has 3 nitrogen and oxygen atoms in total. The molecule has 0 saturated heterocycles. The first-order valence-corrected chi connectivity index (χ1v) is 7.09. The van der Waals surface area contributed by atoms with Crippen molar-refractivity contribution in [3.8, 4) is 0 Å². The first-order valence-electron chi connectivity index (χ1n) is 6.21. The van der Waals surface area contributed by atoms with E-state index in [0.717, 1.165) is 23.9 Å². The lowest BCUT2D eigenvalue weighted by molar-refractivity contribution is -0.131. The zero-order valence-corrected chi connectivity index (χ0v) is 11.6. The molecule has 98 valence electrons. The van der Waals surface area contributed by atoms with E-state index in [1.54, 1.807) is 17.4 Å². The second-order valence-electron chi connectivity index (χ2n) is 5.19. The lowest BCUT2D eigenvalue weighted by Gasteiger charge is -2.14. The minimum absolute atomic E-state index is 0.876. The second kappa shape index (κ2) is 5.67. The molecule has 0 spiro atoms. The van der Waals surface area contributed by atoms with E-state index in [-0.39, 0.29) is 0 Å². The fourth-order valence-electron chi connectivity index (χ4n) is 2.12. The van der Waals surface area contributed by atoms with E-state index in [2.05, 4.69) is 24.9 Å². The van der Waals surface area contributed by atoms with Crippen LogP contribution in [0.25, 0.3) is 6.08 Å². The van der Waals surface area contributed by atoms with E-state index >= 15 is 0 Å². The Morgan fingerprint density at radius 1 is 1.67 bits per heavy atom. The maximum absolute atomic E-state index is 10.4. The maximum Gasteiger partial charge on any atom is 0.328 e. The predicted molar refractivity (Wildman–Crippen MR) is 74.6 cm³/mol. The standard InChI is InChI=1S/C14H19NO2S/c1-10-5-12(10)7-15(2)8-13-6-11(9-18-13)3-4-14(16)17/h3-4,6,9-10,12H,5,7-8H2,1-2H3,(H,16,17). The van der Waals surface area contributed by atoms with Crippen molar-refractivity contribution in [3.63, 3.8) is 0 Å². The summed E-state index contributed by atoms with van der Waals surface area (Å²) in [7, 11) is 2.15. The van der Waals surface area contributed by atoms with Gasteiger partial charge in [-0.3, -0.25) is 0 Å². The molecular formula is C14H19NO2S. The lowest BCUT2D eigenvalue weighted by Crippen LogP contribution is -2.20. The second-order valence-corrected chi connectivity index (χ2v) is 6.18. The Hall–Kier alpha value is -1.13. The molecule has 0 bridgehead atoms. The van der Waals surface area contributed by atoms with Crippen molar-refractivity contribution >= 4 is 23.4 Å². The van der Waals surface area contributed by atoms with Crippen molar-refractivity contribution in [1.82, 2.24) is 4.90 Å². The van der Waals surface area contributed by atoms with Crippen LogP contribution in [-0.2, 0) is 11.3 Å². The molecule has 1 aromatic rings. The topological polar surface area (TPSA) is 40.5 Å². The van der Waals surface area contributed by atoms with Crippen molar-refractivity contribution in [3.05, 3.63) is 28.0 Å². The van der Waals surface area contributed by atoms with Crippen LogP contribution in [0.15, 0.2) is 17.5 Å². The molecule has 1 aromatic heterocycles. The normalized spacial score (nSPS) is 22.8. The minimum Gasteiger partial charge on any atom is -0.478 e. The van der Waals surface area contributed by atoms with Crippen molar-refractivity contribution in [2.45, 2.75) is 19.9 Å². The Kier molecular flexibility index (Phi) is 4.19. The summed E-state index contributed by atoms with van der Waals surface area (Å²) in [6, 6.07) is 2.07. The molecule has 1 heterocycles. The van der Waals surface area contributed by atoms with Gasteiger partial charge in [-0.2, -0.15) is 0 Å². The van der Waals surface area contributed by atoms with Gasteiger partial charge in [0.2, 0.25) is 0 Å². The predicted octanol–water partition coefficient (Wildman–Crippen LogP) is 2.93. The average Bonchev–Trinajstić information content (AvgIpc) is 2.79. The molecule has 1 saturated carbocycles. The van der Waals surface area contributed by atoms with Gasteiger partial charge in [0.15, 0.2) is 0 Å². The van der Waals surface area contributed by atoms with Gasteiger partial charge in [-0.25, -0.2) is 4.79 Å². The molecule has 4 heteroatoms. The van der Waals surface area contributed by atoms with Crippen molar-refractivity contribution < 1.29 is 9.90 Å². The number of nitrogens with zero attached hydrogens (tertiary/aromatic N) is 1. The van der Waals surface area contributed by atoms with Crippen LogP contribution < -0.4 is 0 Å². The first kappa shape index (κ1) is 13.3. The summed E-state index contributed by atoms with van der Waals surface area (Å²) in [6.45, 7) is 4.42. The third-order valence-electron chi connectivity index (χ3n) is 3.34. The summed E-state index contributed by atoms with van der Waals surface area (Å²) < 4.78 is 0. The van der Waals surface area contributed by atoms with Crippen molar-refractivity contribution in [2.24, 2.45) is 11.8 Å². The van der Waals surface area contributed by atoms with Crippen LogP contribution in [0, 0.1) is 11.8 Å². The van der Waals surface area contributed by atoms with Gasteiger partial charge >= 0.3 is 5.97 Å². The van der Waals surface area contributed by atoms with E-state index in [1.807, 2.05) is 5.38 Å². The largest absolute Gasteiger partial charge is 0.478 e. The van der Waals surface area contributed by atoms with Crippen LogP contribution in [-0.4, -0.2) is 29.6 Å². The quantitative estimate of drug-likeness (QED) is 0.804. The molecule has 1 fully saturated rings. The van der Waals surface area contributed by atoms with Crippen LogP contribution in [0.5, 0.6) is 0 Å². The fourth-order valence-corrected chi connectivity index (χ4v) is 3.05. The molecule has 0 amide bonds. The third kappa shape index (κ3) is 3.96. The molecule has 18 heavy (non-hydrogen) atoms. The fraction of sp³-hybridized carbons (Fsp3) is 0.500. The number of carboxylic acid groups (broad SMARTS) is 1. The van der Waals surface area contributed by atoms with Crippen LogP contribution in [0.4, 0.5) is 0 Å². The highest BCUT2D eigenvalue weighted by molar-refractivity contribution is 7.10. The third-order valence-corrected chi connectivity index (χ3v) is 4.28. The molecule has 1 N–H and O–H groups in total. The zero-order chi connectivity index (χ0) is 13.1. The first-order chi connectivity index (χ1) is 8.54. The van der Waals surface area contributed by atoms with Crippen molar-refractivity contribution in [2.75, 3.05) is 13.6 Å². The van der Waals surface area contributed by atoms with Crippen LogP contribution in [0.2, 0.25) is 0 Å². The Labute approximate surface area is 112 Å². The lowest BCUT2D eigenvalue weighted by atomic mass is 10.2. The van der Waals surface area contributed by atoms with E-state index in [4.69, 9.17) is 5.11 Å². The highest BCUT2D eigenvalue weighted by Crippen LogP contribution is 2.38. The van der Waals surface area contributed by atoms with Crippen LogP contribution in [0.3, 0.4) is 0 Å². The number of aliphatic carboxylic acids is 1. The van der Waals surface area contributed by atoms with Gasteiger partial charge in [0.05, 0.1) is 0 Å². The summed E-state index contributed by atoms with van der Waals surface area (Å²) in [4.78, 5) is 14.1. The highest BCUT2D eigenvalue weighted by atomic mass is 32.1. The monoisotopic (exact) mass is 265 g/mol. The van der Waals surface area contributed by atoms with Crippen molar-refractivity contribution in [1.29, 1.82) is 0 Å².